The van der Waals surface area contributed by atoms with E-state index in [0.29, 0.717) is 4.57 Å². The number of nitrogen functional groups attached to an aromatic ring is 1. The molecule has 3 rings (SSSR count). The molecule has 12 nitrogen and oxygen atoms in total. The molecular weight excluding hydrogens is 536 g/mol. The predicted molar refractivity (Wildman–Crippen MR) is 127 cm³/mol. The molecule has 1 aromatic heterocycles. The Morgan fingerprint density at radius 2 is 1.95 bits per heavy atom. The van der Waals surface area contributed by atoms with Crippen LogP contribution in [-0.4, -0.2) is 63.7 Å². The average molecular weight is 564 g/mol. The number of hydrogen-bond acceptors (Lipinski definition) is 10. The lowest BCUT2D eigenvalue weighted by molar-refractivity contribution is -0.183. The monoisotopic (exact) mass is 564 g/mol. The van der Waals surface area contributed by atoms with Crippen LogP contribution in [0.25, 0.3) is 0 Å². The van der Waals surface area contributed by atoms with Crippen LogP contribution in [0.3, 0.4) is 0 Å². The topological polar surface area (TPSA) is 164 Å². The number of benzene rings is 1. The van der Waals surface area contributed by atoms with Gasteiger partial charge in [0.1, 0.15) is 23.7 Å². The number of ether oxygens (including phenoxy) is 2. The summed E-state index contributed by atoms with van der Waals surface area (Å²) in [7, 11) is -4.69. The number of hydrogen-bond donors (Lipinski definition) is 3. The first kappa shape index (κ1) is 29.6. The van der Waals surface area contributed by atoms with Gasteiger partial charge in [-0.25, -0.2) is 22.5 Å². The molecule has 0 spiro atoms. The molecule has 1 saturated heterocycles. The van der Waals surface area contributed by atoms with Crippen LogP contribution in [0.4, 0.5) is 19.0 Å². The Hall–Kier alpha value is -2.97. The molecule has 1 aliphatic heterocycles. The molecule has 6 atom stereocenters. The van der Waals surface area contributed by atoms with Crippen molar-refractivity contribution in [3.8, 4) is 5.75 Å². The van der Waals surface area contributed by atoms with Crippen LogP contribution < -0.4 is 21.0 Å². The molecule has 0 aliphatic carbocycles. The normalized spacial score (nSPS) is 25.8. The molecule has 16 heteroatoms. The van der Waals surface area contributed by atoms with Gasteiger partial charge in [0, 0.05) is 6.20 Å². The highest BCUT2D eigenvalue weighted by atomic mass is 31.2. The lowest BCUT2D eigenvalue weighted by atomic mass is 9.98. The highest BCUT2D eigenvalue weighted by molar-refractivity contribution is 7.52. The highest BCUT2D eigenvalue weighted by Gasteiger charge is 2.63. The zero-order valence-corrected chi connectivity index (χ0v) is 21.5. The van der Waals surface area contributed by atoms with Crippen LogP contribution in [0.15, 0.2) is 47.4 Å². The molecular formula is C22H28F3N4O8P. The van der Waals surface area contributed by atoms with E-state index < -0.39 is 68.7 Å². The summed E-state index contributed by atoms with van der Waals surface area (Å²) in [4.78, 5) is 27.8. The zero-order chi connectivity index (χ0) is 28.3. The van der Waals surface area contributed by atoms with Crippen LogP contribution in [0.1, 0.15) is 27.0 Å². The lowest BCUT2D eigenvalue weighted by Crippen LogP contribution is -2.51. The second-order valence-corrected chi connectivity index (χ2v) is 10.4. The molecule has 0 saturated carbocycles. The molecule has 0 radical (unpaired) electrons. The molecule has 4 N–H and O–H groups in total. The number of esters is 1. The number of nitrogens with one attached hydrogen (secondary N) is 1. The van der Waals surface area contributed by atoms with Crippen molar-refractivity contribution in [2.75, 3.05) is 12.3 Å². The fraction of sp³-hybridized carbons (Fsp3) is 0.500. The van der Waals surface area contributed by atoms with Gasteiger partial charge in [0.15, 0.2) is 18.0 Å². The van der Waals surface area contributed by atoms with Crippen molar-refractivity contribution in [2.45, 2.75) is 63.4 Å². The van der Waals surface area contributed by atoms with Gasteiger partial charge in [-0.1, -0.05) is 18.2 Å². The van der Waals surface area contributed by atoms with Crippen molar-refractivity contribution < 1.29 is 46.2 Å². The molecule has 0 bridgehead atoms. The summed E-state index contributed by atoms with van der Waals surface area (Å²) in [6, 6.07) is 7.23. The van der Waals surface area contributed by atoms with Crippen molar-refractivity contribution in [1.29, 1.82) is 0 Å². The fourth-order valence-corrected chi connectivity index (χ4v) is 5.03. The van der Waals surface area contributed by atoms with E-state index in [1.807, 2.05) is 0 Å². The number of rotatable bonds is 11. The fourth-order valence-electron chi connectivity index (χ4n) is 3.50. The van der Waals surface area contributed by atoms with E-state index >= 15 is 4.39 Å². The first-order chi connectivity index (χ1) is 17.8. The summed E-state index contributed by atoms with van der Waals surface area (Å²) < 4.78 is 78.8. The van der Waals surface area contributed by atoms with Crippen LogP contribution in [0.2, 0.25) is 0 Å². The first-order valence-electron chi connectivity index (χ1n) is 11.4. The lowest BCUT2D eigenvalue weighted by Gasteiger charge is -2.31. The number of aliphatic hydroxyl groups is 1. The van der Waals surface area contributed by atoms with Gasteiger partial charge in [-0.05, 0) is 39.0 Å². The Morgan fingerprint density at radius 1 is 1.29 bits per heavy atom. The molecule has 0 amide bonds. The van der Waals surface area contributed by atoms with Gasteiger partial charge in [-0.2, -0.15) is 10.1 Å². The number of nitrogens with two attached hydrogens (primary N) is 1. The van der Waals surface area contributed by atoms with Gasteiger partial charge in [-0.15, -0.1) is 0 Å². The van der Waals surface area contributed by atoms with Crippen molar-refractivity contribution >= 4 is 19.5 Å². The summed E-state index contributed by atoms with van der Waals surface area (Å²) in [5, 5.41) is 12.7. The third-order valence-electron chi connectivity index (χ3n) is 5.38. The number of halogens is 3. The molecule has 1 aliphatic rings. The standard InChI is InChI=1S/C22H28F3N4O8P/c1-12(2)35-19(31)13(3)28-38(33,37-14-7-5-4-6-8-14)34-11-22(20(24)25)17(23)16(30)18(36-22)29-10-9-15(26)27-21(29)32/h4-10,12-13,16-18,20,30H,11H2,1-3H3,(H,28,33)(H2,26,27,32). The summed E-state index contributed by atoms with van der Waals surface area (Å²) in [6.07, 6.45) is -10.2. The van der Waals surface area contributed by atoms with Gasteiger partial charge in [-0.3, -0.25) is 13.9 Å². The van der Waals surface area contributed by atoms with Crippen molar-refractivity contribution in [3.05, 3.63) is 53.1 Å². The molecule has 1 fully saturated rings. The van der Waals surface area contributed by atoms with E-state index in [1.165, 1.54) is 31.2 Å². The summed E-state index contributed by atoms with van der Waals surface area (Å²) in [6.45, 7) is 3.01. The van der Waals surface area contributed by atoms with Crippen molar-refractivity contribution in [1.82, 2.24) is 14.6 Å². The minimum absolute atomic E-state index is 0.0274. The van der Waals surface area contributed by atoms with E-state index in [9.17, 15) is 28.0 Å². The Labute approximate surface area is 215 Å². The van der Waals surface area contributed by atoms with Crippen LogP contribution >= 0.6 is 7.75 Å². The van der Waals surface area contributed by atoms with Gasteiger partial charge in [0.2, 0.25) is 0 Å². The summed E-state index contributed by atoms with van der Waals surface area (Å²) >= 11 is 0. The van der Waals surface area contributed by atoms with Gasteiger partial charge in [0.25, 0.3) is 6.43 Å². The number of carbonyl (C=O) groups excluding carboxylic acids is 1. The Morgan fingerprint density at radius 3 is 2.53 bits per heavy atom. The maximum Gasteiger partial charge on any atom is 0.459 e. The largest absolute Gasteiger partial charge is 0.462 e. The molecule has 38 heavy (non-hydrogen) atoms. The molecule has 6 unspecified atom stereocenters. The van der Waals surface area contributed by atoms with Crippen LogP contribution in [0, 0.1) is 0 Å². The average Bonchev–Trinajstić information content (AvgIpc) is 3.09. The van der Waals surface area contributed by atoms with E-state index in [1.54, 1.807) is 19.9 Å². The van der Waals surface area contributed by atoms with Crippen LogP contribution in [-0.2, 0) is 23.4 Å². The SMILES string of the molecule is CC(C)OC(=O)C(C)NP(=O)(OCC1(C(F)F)OC(n2ccc(N)nc2=O)C(O)C1F)Oc1ccccc1. The predicted octanol–water partition coefficient (Wildman–Crippen LogP) is 2.19. The van der Waals surface area contributed by atoms with Crippen LogP contribution in [0.5, 0.6) is 5.75 Å². The Bertz CT molecular complexity index is 1220. The number of anilines is 1. The molecule has 1 aromatic carbocycles. The van der Waals surface area contributed by atoms with Gasteiger partial charge in [0.05, 0.1) is 12.7 Å². The molecule has 2 aromatic rings. The third-order valence-corrected chi connectivity index (χ3v) is 7.00. The second kappa shape index (κ2) is 11.8. The number of aromatic nitrogens is 2. The quantitative estimate of drug-likeness (QED) is 0.271. The minimum Gasteiger partial charge on any atom is -0.462 e. The van der Waals surface area contributed by atoms with Gasteiger partial charge < -0.3 is 24.8 Å². The third kappa shape index (κ3) is 6.53. The molecule has 2 heterocycles. The highest BCUT2D eigenvalue weighted by Crippen LogP contribution is 2.49. The van der Waals surface area contributed by atoms with Gasteiger partial charge >= 0.3 is 19.4 Å². The number of aliphatic hydroxyl groups excluding tert-OH is 1. The summed E-state index contributed by atoms with van der Waals surface area (Å²) in [5.41, 5.74) is 1.13. The van der Waals surface area contributed by atoms with Crippen molar-refractivity contribution in [2.24, 2.45) is 0 Å². The van der Waals surface area contributed by atoms with E-state index in [0.717, 1.165) is 12.3 Å². The Kier molecular flexibility index (Phi) is 9.21. The number of nitrogens with zero attached hydrogens (tertiary/aromatic N) is 2. The van der Waals surface area contributed by atoms with E-state index in [2.05, 4.69) is 10.1 Å². The summed E-state index contributed by atoms with van der Waals surface area (Å²) in [5.74, 6) is -1.08. The van der Waals surface area contributed by atoms with Crippen molar-refractivity contribution in [3.63, 3.8) is 0 Å². The number of alkyl halides is 3. The zero-order valence-electron chi connectivity index (χ0n) is 20.6. The second-order valence-electron chi connectivity index (χ2n) is 8.71. The maximum atomic E-state index is 15.2. The first-order valence-corrected chi connectivity index (χ1v) is 12.9. The number of carbonyl (C=O) groups is 1. The molecule has 210 valence electrons. The van der Waals surface area contributed by atoms with E-state index in [4.69, 9.17) is 24.3 Å². The Balaban J connectivity index is 1.90. The minimum atomic E-state index is -4.69. The smallest absolute Gasteiger partial charge is 0.459 e. The van der Waals surface area contributed by atoms with E-state index in [-0.39, 0.29) is 11.6 Å². The number of para-hydroxylation sites is 1. The maximum absolute atomic E-state index is 15.2.